The molecule has 0 spiro atoms. The van der Waals surface area contributed by atoms with Crippen molar-refractivity contribution in [3.63, 3.8) is 0 Å². The lowest BCUT2D eigenvalue weighted by atomic mass is 9.86. The van der Waals surface area contributed by atoms with E-state index in [4.69, 9.17) is 4.74 Å². The highest BCUT2D eigenvalue weighted by Gasteiger charge is 2.33. The molecule has 0 heterocycles. The zero-order valence-electron chi connectivity index (χ0n) is 11.9. The van der Waals surface area contributed by atoms with Gasteiger partial charge in [0.05, 0.1) is 12.2 Å². The third kappa shape index (κ3) is 4.67. The van der Waals surface area contributed by atoms with E-state index in [9.17, 15) is 5.11 Å². The van der Waals surface area contributed by atoms with Gasteiger partial charge in [0.25, 0.3) is 0 Å². The summed E-state index contributed by atoms with van der Waals surface area (Å²) in [5, 5.41) is 13.3. The fourth-order valence-corrected chi connectivity index (χ4v) is 1.40. The van der Waals surface area contributed by atoms with Gasteiger partial charge in [-0.25, -0.2) is 0 Å². The van der Waals surface area contributed by atoms with Crippen molar-refractivity contribution in [3.8, 4) is 5.75 Å². The van der Waals surface area contributed by atoms with Crippen molar-refractivity contribution in [2.45, 2.75) is 45.3 Å². The molecule has 18 heavy (non-hydrogen) atoms. The van der Waals surface area contributed by atoms with Crippen LogP contribution in [0.15, 0.2) is 30.3 Å². The highest BCUT2D eigenvalue weighted by Crippen LogP contribution is 2.20. The standard InChI is InChI=1S/C15H25NO2/c1-14(2,15(3,4)17)16-11-8-12-18-13-9-6-5-7-10-13/h5-7,9-10,16-17H,8,11-12H2,1-4H3. The Morgan fingerprint density at radius 2 is 1.72 bits per heavy atom. The number of rotatable bonds is 7. The molecule has 3 nitrogen and oxygen atoms in total. The van der Waals surface area contributed by atoms with Crippen molar-refractivity contribution in [1.82, 2.24) is 5.32 Å². The SMILES string of the molecule is CC(C)(O)C(C)(C)NCCCOc1ccccc1. The van der Waals surface area contributed by atoms with E-state index in [1.54, 1.807) is 0 Å². The monoisotopic (exact) mass is 251 g/mol. The average Bonchev–Trinajstić information content (AvgIpc) is 2.28. The molecule has 102 valence electrons. The van der Waals surface area contributed by atoms with Crippen LogP contribution >= 0.6 is 0 Å². The topological polar surface area (TPSA) is 41.5 Å². The molecule has 1 rings (SSSR count). The second kappa shape index (κ2) is 6.21. The molecular formula is C15H25NO2. The van der Waals surface area contributed by atoms with Crippen LogP contribution in [0.5, 0.6) is 5.75 Å². The van der Waals surface area contributed by atoms with Crippen molar-refractivity contribution < 1.29 is 9.84 Å². The Morgan fingerprint density at radius 3 is 2.28 bits per heavy atom. The summed E-state index contributed by atoms with van der Waals surface area (Å²) in [7, 11) is 0. The van der Waals surface area contributed by atoms with Crippen LogP contribution in [0, 0.1) is 0 Å². The lowest BCUT2D eigenvalue weighted by Gasteiger charge is -2.38. The first-order valence-electron chi connectivity index (χ1n) is 6.48. The number of ether oxygens (including phenoxy) is 1. The van der Waals surface area contributed by atoms with E-state index in [-0.39, 0.29) is 5.54 Å². The normalized spacial score (nSPS) is 12.5. The summed E-state index contributed by atoms with van der Waals surface area (Å²) < 4.78 is 5.60. The number of aliphatic hydroxyl groups is 1. The smallest absolute Gasteiger partial charge is 0.119 e. The van der Waals surface area contributed by atoms with Gasteiger partial charge in [-0.3, -0.25) is 0 Å². The van der Waals surface area contributed by atoms with E-state index in [1.165, 1.54) is 0 Å². The molecule has 1 aromatic carbocycles. The maximum absolute atomic E-state index is 9.99. The minimum atomic E-state index is -0.743. The molecule has 0 bridgehead atoms. The van der Waals surface area contributed by atoms with Gasteiger partial charge in [0.15, 0.2) is 0 Å². The van der Waals surface area contributed by atoms with Gasteiger partial charge in [-0.05, 0) is 52.8 Å². The maximum Gasteiger partial charge on any atom is 0.119 e. The summed E-state index contributed by atoms with van der Waals surface area (Å²) in [6, 6.07) is 9.80. The number of hydrogen-bond acceptors (Lipinski definition) is 3. The van der Waals surface area contributed by atoms with Gasteiger partial charge in [0, 0.05) is 5.54 Å². The maximum atomic E-state index is 9.99. The van der Waals surface area contributed by atoms with E-state index >= 15 is 0 Å². The first kappa shape index (κ1) is 15.0. The molecule has 3 heteroatoms. The Labute approximate surface area is 110 Å². The fraction of sp³-hybridized carbons (Fsp3) is 0.600. The molecule has 0 saturated heterocycles. The summed E-state index contributed by atoms with van der Waals surface area (Å²) in [6.45, 7) is 9.15. The Kier molecular flexibility index (Phi) is 5.17. The van der Waals surface area contributed by atoms with Crippen molar-refractivity contribution in [2.75, 3.05) is 13.2 Å². The molecular weight excluding hydrogens is 226 g/mol. The van der Waals surface area contributed by atoms with E-state index < -0.39 is 5.60 Å². The van der Waals surface area contributed by atoms with Crippen LogP contribution in [0.4, 0.5) is 0 Å². The quantitative estimate of drug-likeness (QED) is 0.732. The molecule has 0 atom stereocenters. The van der Waals surface area contributed by atoms with Crippen LogP contribution in [0.25, 0.3) is 0 Å². The van der Waals surface area contributed by atoms with E-state index in [0.29, 0.717) is 6.61 Å². The first-order chi connectivity index (χ1) is 8.33. The second-order valence-electron chi connectivity index (χ2n) is 5.63. The van der Waals surface area contributed by atoms with Crippen LogP contribution in [-0.4, -0.2) is 29.4 Å². The van der Waals surface area contributed by atoms with Crippen molar-refractivity contribution in [2.24, 2.45) is 0 Å². The lowest BCUT2D eigenvalue weighted by Crippen LogP contribution is -2.56. The van der Waals surface area contributed by atoms with Crippen LogP contribution in [0.1, 0.15) is 34.1 Å². The molecule has 0 aliphatic heterocycles. The minimum Gasteiger partial charge on any atom is -0.494 e. The van der Waals surface area contributed by atoms with Crippen molar-refractivity contribution in [1.29, 1.82) is 0 Å². The molecule has 0 aromatic heterocycles. The van der Waals surface area contributed by atoms with Gasteiger partial charge in [0.2, 0.25) is 0 Å². The van der Waals surface area contributed by atoms with E-state index in [1.807, 2.05) is 58.0 Å². The zero-order valence-corrected chi connectivity index (χ0v) is 11.9. The highest BCUT2D eigenvalue weighted by atomic mass is 16.5. The predicted molar refractivity (Wildman–Crippen MR) is 74.9 cm³/mol. The fourth-order valence-electron chi connectivity index (χ4n) is 1.40. The summed E-state index contributed by atoms with van der Waals surface area (Å²) in [5.74, 6) is 0.902. The molecule has 2 N–H and O–H groups in total. The number of nitrogens with one attached hydrogen (secondary N) is 1. The summed E-state index contributed by atoms with van der Waals surface area (Å²) >= 11 is 0. The van der Waals surface area contributed by atoms with Gasteiger partial charge >= 0.3 is 0 Å². The van der Waals surface area contributed by atoms with Crippen LogP contribution in [0.2, 0.25) is 0 Å². The first-order valence-corrected chi connectivity index (χ1v) is 6.48. The Balaban J connectivity index is 2.20. The largest absolute Gasteiger partial charge is 0.494 e. The van der Waals surface area contributed by atoms with Gasteiger partial charge in [-0.1, -0.05) is 18.2 Å². The molecule has 0 aliphatic carbocycles. The van der Waals surface area contributed by atoms with Gasteiger partial charge in [-0.15, -0.1) is 0 Å². The Morgan fingerprint density at radius 1 is 1.11 bits per heavy atom. The van der Waals surface area contributed by atoms with Crippen LogP contribution in [0.3, 0.4) is 0 Å². The summed E-state index contributed by atoms with van der Waals surface area (Å²) in [4.78, 5) is 0. The Hall–Kier alpha value is -1.06. The molecule has 0 saturated carbocycles. The van der Waals surface area contributed by atoms with Gasteiger partial charge in [-0.2, -0.15) is 0 Å². The summed E-state index contributed by atoms with van der Waals surface area (Å²) in [5.41, 5.74) is -1.05. The average molecular weight is 251 g/mol. The molecule has 0 unspecified atom stereocenters. The summed E-state index contributed by atoms with van der Waals surface area (Å²) in [6.07, 6.45) is 0.911. The number of hydrogen-bond donors (Lipinski definition) is 2. The van der Waals surface area contributed by atoms with Crippen molar-refractivity contribution >= 4 is 0 Å². The number of para-hydroxylation sites is 1. The van der Waals surface area contributed by atoms with Crippen molar-refractivity contribution in [3.05, 3.63) is 30.3 Å². The highest BCUT2D eigenvalue weighted by molar-refractivity contribution is 5.20. The third-order valence-electron chi connectivity index (χ3n) is 3.43. The number of benzene rings is 1. The van der Waals surface area contributed by atoms with Crippen LogP contribution in [-0.2, 0) is 0 Å². The predicted octanol–water partition coefficient (Wildman–Crippen LogP) is 2.59. The molecule has 0 fully saturated rings. The second-order valence-corrected chi connectivity index (χ2v) is 5.63. The minimum absolute atomic E-state index is 0.306. The molecule has 0 radical (unpaired) electrons. The van der Waals surface area contributed by atoms with Gasteiger partial charge in [0.1, 0.15) is 5.75 Å². The van der Waals surface area contributed by atoms with E-state index in [2.05, 4.69) is 5.32 Å². The third-order valence-corrected chi connectivity index (χ3v) is 3.43. The molecule has 0 aliphatic rings. The van der Waals surface area contributed by atoms with Gasteiger partial charge < -0.3 is 15.2 Å². The molecule has 1 aromatic rings. The van der Waals surface area contributed by atoms with Crippen LogP contribution < -0.4 is 10.1 Å². The van der Waals surface area contributed by atoms with E-state index in [0.717, 1.165) is 18.7 Å². The Bertz CT molecular complexity index is 341. The zero-order chi connectivity index (χ0) is 13.6. The lowest BCUT2D eigenvalue weighted by molar-refractivity contribution is -0.00471. The molecule has 0 amide bonds.